The molecule has 1 aromatic carbocycles. The number of hydrogen-bond acceptors (Lipinski definition) is 5. The molecule has 2 heterocycles. The standard InChI is InChI=1S/C12H10ClN3O2S.Na.H/c13-7-1-3-8(4-2-7)14-9-10(17)15-12-16(11(9)18)5-6-19-12;;/h1-4,14,17H,5-6H2;;/q;+1;-1. The largest absolute Gasteiger partial charge is 1.00 e. The minimum atomic E-state index is -0.277. The fourth-order valence-corrected chi connectivity index (χ4v) is 2.91. The van der Waals surface area contributed by atoms with E-state index in [-0.39, 0.29) is 48.1 Å². The Hall–Kier alpha value is -0.660. The summed E-state index contributed by atoms with van der Waals surface area (Å²) in [5.74, 6) is 0.520. The molecule has 0 atom stereocenters. The maximum absolute atomic E-state index is 12.2. The first-order valence-corrected chi connectivity index (χ1v) is 7.01. The molecule has 8 heteroatoms. The van der Waals surface area contributed by atoms with Crippen molar-refractivity contribution < 1.29 is 36.1 Å². The van der Waals surface area contributed by atoms with Crippen molar-refractivity contribution in [1.82, 2.24) is 9.55 Å². The molecule has 0 saturated heterocycles. The number of halogens is 1. The van der Waals surface area contributed by atoms with E-state index in [0.717, 1.165) is 5.75 Å². The summed E-state index contributed by atoms with van der Waals surface area (Å²) in [5, 5.41) is 13.9. The van der Waals surface area contributed by atoms with Crippen LogP contribution in [0.2, 0.25) is 5.02 Å². The van der Waals surface area contributed by atoms with Gasteiger partial charge in [0, 0.05) is 23.0 Å². The molecule has 3 rings (SSSR count). The van der Waals surface area contributed by atoms with Crippen molar-refractivity contribution >= 4 is 34.7 Å². The van der Waals surface area contributed by atoms with Gasteiger partial charge in [-0.05, 0) is 24.3 Å². The average molecular weight is 320 g/mol. The third-order valence-corrected chi connectivity index (χ3v) is 3.98. The molecule has 2 aromatic rings. The fraction of sp³-hybridized carbons (Fsp3) is 0.167. The number of aromatic nitrogens is 2. The number of hydrogen-bond donors (Lipinski definition) is 2. The molecule has 2 N–H and O–H groups in total. The predicted octanol–water partition coefficient (Wildman–Crippen LogP) is -0.432. The number of nitrogens with zero attached hydrogens (tertiary/aromatic N) is 2. The molecule has 1 aliphatic heterocycles. The van der Waals surface area contributed by atoms with E-state index in [1.54, 1.807) is 28.8 Å². The van der Waals surface area contributed by atoms with Crippen LogP contribution in [0.4, 0.5) is 11.4 Å². The summed E-state index contributed by atoms with van der Waals surface area (Å²) in [5.41, 5.74) is 0.501. The van der Waals surface area contributed by atoms with E-state index in [1.165, 1.54) is 11.8 Å². The minimum Gasteiger partial charge on any atom is -1.00 e. The van der Waals surface area contributed by atoms with Crippen LogP contribution in [-0.2, 0) is 6.54 Å². The van der Waals surface area contributed by atoms with E-state index >= 15 is 0 Å². The molecular weight excluding hydrogens is 309 g/mol. The zero-order valence-corrected chi connectivity index (χ0v) is 14.3. The van der Waals surface area contributed by atoms with Gasteiger partial charge in [-0.25, -0.2) is 0 Å². The van der Waals surface area contributed by atoms with Crippen molar-refractivity contribution in [2.75, 3.05) is 11.1 Å². The molecule has 0 amide bonds. The number of rotatable bonds is 2. The monoisotopic (exact) mass is 319 g/mol. The van der Waals surface area contributed by atoms with Crippen molar-refractivity contribution in [3.05, 3.63) is 39.6 Å². The maximum atomic E-state index is 12.2. The third kappa shape index (κ3) is 2.99. The summed E-state index contributed by atoms with van der Waals surface area (Å²) in [6.07, 6.45) is 0. The van der Waals surface area contributed by atoms with Crippen LogP contribution in [0.25, 0.3) is 0 Å². The zero-order valence-electron chi connectivity index (χ0n) is 11.8. The molecule has 0 saturated carbocycles. The Morgan fingerprint density at radius 3 is 2.80 bits per heavy atom. The topological polar surface area (TPSA) is 67.2 Å². The van der Waals surface area contributed by atoms with Crippen molar-refractivity contribution in [3.63, 3.8) is 0 Å². The van der Waals surface area contributed by atoms with E-state index in [2.05, 4.69) is 10.3 Å². The van der Waals surface area contributed by atoms with Gasteiger partial charge in [0.25, 0.3) is 5.56 Å². The van der Waals surface area contributed by atoms with E-state index in [4.69, 9.17) is 11.6 Å². The van der Waals surface area contributed by atoms with Gasteiger partial charge >= 0.3 is 29.6 Å². The van der Waals surface area contributed by atoms with Gasteiger partial charge in [-0.2, -0.15) is 4.98 Å². The van der Waals surface area contributed by atoms with E-state index in [9.17, 15) is 9.90 Å². The molecule has 20 heavy (non-hydrogen) atoms. The molecule has 0 unspecified atom stereocenters. The van der Waals surface area contributed by atoms with Gasteiger partial charge in [-0.3, -0.25) is 9.36 Å². The van der Waals surface area contributed by atoms with E-state index in [1.807, 2.05) is 0 Å². The van der Waals surface area contributed by atoms with Crippen LogP contribution in [0.3, 0.4) is 0 Å². The minimum absolute atomic E-state index is 0. The van der Waals surface area contributed by atoms with Crippen LogP contribution < -0.4 is 40.4 Å². The second-order valence-electron chi connectivity index (χ2n) is 4.03. The quantitative estimate of drug-likeness (QED) is 0.581. The summed E-state index contributed by atoms with van der Waals surface area (Å²) in [7, 11) is 0. The summed E-state index contributed by atoms with van der Waals surface area (Å²) in [6.45, 7) is 0.613. The smallest absolute Gasteiger partial charge is 1.00 e. The predicted molar refractivity (Wildman–Crippen MR) is 76.7 cm³/mol. The maximum Gasteiger partial charge on any atom is 1.00 e. The molecule has 0 spiro atoms. The average Bonchev–Trinajstić information content (AvgIpc) is 2.85. The second kappa shape index (κ2) is 6.41. The van der Waals surface area contributed by atoms with Crippen LogP contribution in [0.5, 0.6) is 5.88 Å². The van der Waals surface area contributed by atoms with Gasteiger partial charge in [-0.1, -0.05) is 23.4 Å². The Balaban J connectivity index is 0.00000110. The van der Waals surface area contributed by atoms with Crippen LogP contribution >= 0.6 is 23.4 Å². The SMILES string of the molecule is O=c1c(Nc2ccc(Cl)cc2)c(O)nc2n1CCS2.[H-].[Na+]. The Morgan fingerprint density at radius 2 is 2.10 bits per heavy atom. The number of thioether (sulfide) groups is 1. The Labute approximate surface area is 148 Å². The number of anilines is 2. The first-order valence-electron chi connectivity index (χ1n) is 5.64. The van der Waals surface area contributed by atoms with Crippen molar-refractivity contribution in [1.29, 1.82) is 0 Å². The molecule has 100 valence electrons. The van der Waals surface area contributed by atoms with Crippen LogP contribution in [0, 0.1) is 0 Å². The van der Waals surface area contributed by atoms with Gasteiger partial charge in [0.2, 0.25) is 5.88 Å². The summed E-state index contributed by atoms with van der Waals surface area (Å²) < 4.78 is 1.56. The van der Waals surface area contributed by atoms with Gasteiger partial charge in [-0.15, -0.1) is 0 Å². The molecule has 1 aliphatic rings. The Kier molecular flexibility index (Phi) is 5.04. The van der Waals surface area contributed by atoms with Gasteiger partial charge < -0.3 is 11.8 Å². The van der Waals surface area contributed by atoms with Crippen LogP contribution in [0.1, 0.15) is 1.43 Å². The summed E-state index contributed by atoms with van der Waals surface area (Å²) in [6, 6.07) is 6.87. The molecule has 5 nitrogen and oxygen atoms in total. The first kappa shape index (κ1) is 15.7. The fourth-order valence-electron chi connectivity index (χ4n) is 1.85. The number of benzene rings is 1. The molecule has 0 aliphatic carbocycles. The normalized spacial score (nSPS) is 12.7. The Morgan fingerprint density at radius 1 is 1.40 bits per heavy atom. The second-order valence-corrected chi connectivity index (χ2v) is 5.53. The molecule has 0 radical (unpaired) electrons. The van der Waals surface area contributed by atoms with E-state index < -0.39 is 0 Å². The van der Waals surface area contributed by atoms with Crippen molar-refractivity contribution in [2.24, 2.45) is 0 Å². The van der Waals surface area contributed by atoms with Crippen LogP contribution in [0.15, 0.2) is 34.2 Å². The van der Waals surface area contributed by atoms with Gasteiger partial charge in [0.15, 0.2) is 10.8 Å². The first-order chi connectivity index (χ1) is 9.15. The molecule has 0 fully saturated rings. The van der Waals surface area contributed by atoms with Gasteiger partial charge in [0.05, 0.1) is 0 Å². The molecule has 0 bridgehead atoms. The summed E-state index contributed by atoms with van der Waals surface area (Å²) >= 11 is 7.26. The van der Waals surface area contributed by atoms with Gasteiger partial charge in [0.1, 0.15) is 0 Å². The number of nitrogens with one attached hydrogen (secondary N) is 1. The summed E-state index contributed by atoms with van der Waals surface area (Å²) in [4.78, 5) is 16.2. The number of aromatic hydroxyl groups is 1. The number of fused-ring (bicyclic) bond motifs is 1. The van der Waals surface area contributed by atoms with Crippen LogP contribution in [-0.4, -0.2) is 20.4 Å². The van der Waals surface area contributed by atoms with Crippen molar-refractivity contribution in [2.45, 2.75) is 11.7 Å². The zero-order chi connectivity index (χ0) is 13.4. The molecular formula is C12H11ClN3NaO2S. The van der Waals surface area contributed by atoms with E-state index in [0.29, 0.717) is 22.4 Å². The van der Waals surface area contributed by atoms with Crippen molar-refractivity contribution in [3.8, 4) is 5.88 Å². The molecule has 1 aromatic heterocycles. The Bertz CT molecular complexity index is 696. The third-order valence-electron chi connectivity index (χ3n) is 2.77.